The van der Waals surface area contributed by atoms with Crippen LogP contribution in [0, 0.1) is 5.82 Å². The van der Waals surface area contributed by atoms with Gasteiger partial charge in [-0.25, -0.2) is 12.8 Å². The maximum atomic E-state index is 13.2. The lowest BCUT2D eigenvalue weighted by Gasteiger charge is -2.21. The number of hydrogen-bond donors (Lipinski definition) is 0. The molecule has 0 saturated carbocycles. The van der Waals surface area contributed by atoms with Gasteiger partial charge in [0.1, 0.15) is 5.82 Å². The fourth-order valence-corrected chi connectivity index (χ4v) is 2.88. The third kappa shape index (κ3) is 2.97. The number of sulfonamides is 1. The van der Waals surface area contributed by atoms with Gasteiger partial charge in [0.25, 0.3) is 0 Å². The van der Waals surface area contributed by atoms with E-state index < -0.39 is 15.8 Å². The molecule has 0 radical (unpaired) electrons. The van der Waals surface area contributed by atoms with E-state index in [0.717, 1.165) is 6.07 Å². The van der Waals surface area contributed by atoms with Gasteiger partial charge in [-0.3, -0.25) is 0 Å². The molecule has 0 aliphatic rings. The van der Waals surface area contributed by atoms with E-state index in [1.54, 1.807) is 13.8 Å². The van der Waals surface area contributed by atoms with Crippen molar-refractivity contribution in [3.63, 3.8) is 0 Å². The molecule has 0 spiro atoms. The Kier molecular flexibility index (Phi) is 4.52. The number of halogens is 2. The van der Waals surface area contributed by atoms with Gasteiger partial charge in [0, 0.05) is 18.7 Å². The predicted octanol–water partition coefficient (Wildman–Crippen LogP) is 2.59. The summed E-state index contributed by atoms with van der Waals surface area (Å²) in [4.78, 5) is 0.0609. The minimum absolute atomic E-state index is 0.0550. The zero-order valence-electron chi connectivity index (χ0n) is 9.94. The van der Waals surface area contributed by atoms with Crippen molar-refractivity contribution in [2.24, 2.45) is 0 Å². The molecule has 1 aromatic rings. The second-order valence-electron chi connectivity index (χ2n) is 4.00. The van der Waals surface area contributed by atoms with Gasteiger partial charge in [-0.15, -0.1) is 11.6 Å². The van der Waals surface area contributed by atoms with Gasteiger partial charge in [-0.1, -0.05) is 0 Å². The summed E-state index contributed by atoms with van der Waals surface area (Å²) in [5.41, 5.74) is 0.185. The molecule has 0 fully saturated rings. The highest BCUT2D eigenvalue weighted by Crippen LogP contribution is 2.20. The Hall–Kier alpha value is -0.650. The van der Waals surface area contributed by atoms with Crippen LogP contribution in [0.4, 0.5) is 4.39 Å². The number of benzene rings is 1. The first kappa shape index (κ1) is 14.4. The van der Waals surface area contributed by atoms with E-state index in [-0.39, 0.29) is 22.4 Å². The summed E-state index contributed by atoms with van der Waals surface area (Å²) in [7, 11) is -2.09. The molecule has 0 aromatic heterocycles. The Morgan fingerprint density at radius 1 is 1.41 bits per heavy atom. The molecule has 1 aromatic carbocycles. The van der Waals surface area contributed by atoms with Crippen LogP contribution < -0.4 is 0 Å². The first-order chi connectivity index (χ1) is 7.80. The first-order valence-electron chi connectivity index (χ1n) is 5.13. The standard InChI is InChI=1S/C11H15ClFNO2S/c1-8(2)14(3)17(15,16)10-4-5-11(13)9(6-10)7-12/h4-6,8H,7H2,1-3H3. The molecule has 6 heteroatoms. The van der Waals surface area contributed by atoms with Crippen molar-refractivity contribution < 1.29 is 12.8 Å². The smallest absolute Gasteiger partial charge is 0.207 e. The molecular formula is C11H15ClFNO2S. The highest BCUT2D eigenvalue weighted by atomic mass is 35.5. The van der Waals surface area contributed by atoms with Crippen LogP contribution in [0.1, 0.15) is 19.4 Å². The van der Waals surface area contributed by atoms with E-state index in [4.69, 9.17) is 11.6 Å². The average Bonchev–Trinajstić information content (AvgIpc) is 2.28. The lowest BCUT2D eigenvalue weighted by molar-refractivity contribution is 0.410. The highest BCUT2D eigenvalue weighted by Gasteiger charge is 2.23. The molecule has 0 aliphatic carbocycles. The second kappa shape index (κ2) is 5.33. The van der Waals surface area contributed by atoms with Crippen molar-refractivity contribution in [3.8, 4) is 0 Å². The normalized spacial score (nSPS) is 12.4. The van der Waals surface area contributed by atoms with Gasteiger partial charge in [0.2, 0.25) is 10.0 Å². The van der Waals surface area contributed by atoms with Crippen LogP contribution in [0.3, 0.4) is 0 Å². The van der Waals surface area contributed by atoms with E-state index in [1.807, 2.05) is 0 Å². The van der Waals surface area contributed by atoms with Crippen LogP contribution >= 0.6 is 11.6 Å². The van der Waals surface area contributed by atoms with E-state index in [9.17, 15) is 12.8 Å². The number of nitrogens with zero attached hydrogens (tertiary/aromatic N) is 1. The molecule has 0 atom stereocenters. The summed E-state index contributed by atoms with van der Waals surface area (Å²) in [5.74, 6) is -0.549. The van der Waals surface area contributed by atoms with Crippen LogP contribution in [-0.2, 0) is 15.9 Å². The van der Waals surface area contributed by atoms with E-state index in [1.165, 1.54) is 23.5 Å². The third-order valence-electron chi connectivity index (χ3n) is 2.57. The van der Waals surface area contributed by atoms with E-state index in [2.05, 4.69) is 0 Å². The Balaban J connectivity index is 3.25. The van der Waals surface area contributed by atoms with Crippen LogP contribution in [0.5, 0.6) is 0 Å². The van der Waals surface area contributed by atoms with Crippen molar-refractivity contribution >= 4 is 21.6 Å². The molecule has 17 heavy (non-hydrogen) atoms. The molecule has 0 amide bonds. The Morgan fingerprint density at radius 2 is 2.00 bits per heavy atom. The van der Waals surface area contributed by atoms with E-state index >= 15 is 0 Å². The molecule has 1 rings (SSSR count). The van der Waals surface area contributed by atoms with Crippen LogP contribution in [0.2, 0.25) is 0 Å². The minimum atomic E-state index is -3.58. The fourth-order valence-electron chi connectivity index (χ4n) is 1.26. The molecule has 0 aliphatic heterocycles. The van der Waals surface area contributed by atoms with Crippen molar-refractivity contribution in [2.75, 3.05) is 7.05 Å². The number of hydrogen-bond acceptors (Lipinski definition) is 2. The molecule has 3 nitrogen and oxygen atoms in total. The third-order valence-corrected chi connectivity index (χ3v) is 4.88. The van der Waals surface area contributed by atoms with E-state index in [0.29, 0.717) is 0 Å². The summed E-state index contributed by atoms with van der Waals surface area (Å²) in [6, 6.07) is 3.49. The molecular weight excluding hydrogens is 265 g/mol. The fraction of sp³-hybridized carbons (Fsp3) is 0.455. The van der Waals surface area contributed by atoms with Crippen molar-refractivity contribution in [1.82, 2.24) is 4.31 Å². The summed E-state index contributed by atoms with van der Waals surface area (Å²) >= 11 is 5.55. The maximum Gasteiger partial charge on any atom is 0.243 e. The van der Waals surface area contributed by atoms with Gasteiger partial charge in [-0.05, 0) is 32.0 Å². The first-order valence-corrected chi connectivity index (χ1v) is 7.10. The summed E-state index contributed by atoms with van der Waals surface area (Å²) < 4.78 is 38.7. The molecule has 0 saturated heterocycles. The van der Waals surface area contributed by atoms with Gasteiger partial charge < -0.3 is 0 Å². The number of rotatable bonds is 4. The summed E-state index contributed by atoms with van der Waals surface area (Å²) in [6.07, 6.45) is 0. The van der Waals surface area contributed by atoms with Crippen molar-refractivity contribution in [3.05, 3.63) is 29.6 Å². The predicted molar refractivity (Wildman–Crippen MR) is 66.0 cm³/mol. The second-order valence-corrected chi connectivity index (χ2v) is 6.27. The minimum Gasteiger partial charge on any atom is -0.207 e. The van der Waals surface area contributed by atoms with Gasteiger partial charge in [0.15, 0.2) is 0 Å². The average molecular weight is 280 g/mol. The summed E-state index contributed by atoms with van der Waals surface area (Å²) in [6.45, 7) is 3.53. The Bertz CT molecular complexity index is 502. The SMILES string of the molecule is CC(C)N(C)S(=O)(=O)c1ccc(F)c(CCl)c1. The van der Waals surface area contributed by atoms with Gasteiger partial charge >= 0.3 is 0 Å². The Labute approximate surface area is 106 Å². The van der Waals surface area contributed by atoms with Crippen LogP contribution in [-0.4, -0.2) is 25.8 Å². The van der Waals surface area contributed by atoms with Gasteiger partial charge in [-0.2, -0.15) is 4.31 Å². The number of alkyl halides is 1. The van der Waals surface area contributed by atoms with Crippen LogP contribution in [0.15, 0.2) is 23.1 Å². The highest BCUT2D eigenvalue weighted by molar-refractivity contribution is 7.89. The zero-order valence-corrected chi connectivity index (χ0v) is 11.5. The maximum absolute atomic E-state index is 13.2. The van der Waals surface area contributed by atoms with Crippen molar-refractivity contribution in [2.45, 2.75) is 30.7 Å². The Morgan fingerprint density at radius 3 is 2.47 bits per heavy atom. The quantitative estimate of drug-likeness (QED) is 0.795. The lowest BCUT2D eigenvalue weighted by atomic mass is 10.2. The zero-order chi connectivity index (χ0) is 13.2. The molecule has 0 unspecified atom stereocenters. The molecule has 0 heterocycles. The molecule has 96 valence electrons. The molecule has 0 bridgehead atoms. The van der Waals surface area contributed by atoms with Crippen molar-refractivity contribution in [1.29, 1.82) is 0 Å². The van der Waals surface area contributed by atoms with Gasteiger partial charge in [0.05, 0.1) is 10.8 Å². The molecule has 0 N–H and O–H groups in total. The monoisotopic (exact) mass is 279 g/mol. The summed E-state index contributed by atoms with van der Waals surface area (Å²) in [5, 5.41) is 0. The largest absolute Gasteiger partial charge is 0.243 e. The lowest BCUT2D eigenvalue weighted by Crippen LogP contribution is -2.33. The van der Waals surface area contributed by atoms with Crippen LogP contribution in [0.25, 0.3) is 0 Å². The topological polar surface area (TPSA) is 37.4 Å².